The molecule has 2 heteroatoms. The molecular formula is C8H10O2. The molecule has 0 aromatic carbocycles. The molecule has 0 saturated carbocycles. The van der Waals surface area contributed by atoms with Crippen molar-refractivity contribution in [1.82, 2.24) is 0 Å². The minimum Gasteiger partial charge on any atom is -0.236 e. The summed E-state index contributed by atoms with van der Waals surface area (Å²) in [6.07, 6.45) is 7.48. The lowest BCUT2D eigenvalue weighted by atomic mass is 9.92. The van der Waals surface area contributed by atoms with Crippen molar-refractivity contribution in [3.63, 3.8) is 0 Å². The zero-order valence-corrected chi connectivity index (χ0v) is 5.75. The van der Waals surface area contributed by atoms with Crippen LogP contribution in [-0.2, 0) is 9.78 Å². The van der Waals surface area contributed by atoms with Crippen LogP contribution in [-0.4, -0.2) is 13.2 Å². The van der Waals surface area contributed by atoms with E-state index in [9.17, 15) is 0 Å². The molecule has 1 heterocycles. The average Bonchev–Trinajstić information content (AvgIpc) is 2.05. The van der Waals surface area contributed by atoms with E-state index in [4.69, 9.17) is 9.78 Å². The molecule has 1 aliphatic heterocycles. The Kier molecular flexibility index (Phi) is 1.57. The first-order chi connectivity index (χ1) is 4.97. The largest absolute Gasteiger partial charge is 0.236 e. The first kappa shape index (κ1) is 6.13. The normalized spacial score (nSPS) is 31.2. The topological polar surface area (TPSA) is 18.5 Å². The number of fused-ring (bicyclic) bond motifs is 1. The van der Waals surface area contributed by atoms with E-state index in [0.29, 0.717) is 12.5 Å². The second kappa shape index (κ2) is 2.56. The molecule has 1 fully saturated rings. The Morgan fingerprint density at radius 1 is 1.40 bits per heavy atom. The summed E-state index contributed by atoms with van der Waals surface area (Å²) in [6.45, 7) is 1.37. The molecule has 1 aliphatic carbocycles. The summed E-state index contributed by atoms with van der Waals surface area (Å²) in [5, 5.41) is 0. The Labute approximate surface area is 60.1 Å². The van der Waals surface area contributed by atoms with Gasteiger partial charge in [-0.1, -0.05) is 18.2 Å². The zero-order chi connectivity index (χ0) is 6.81. The maximum atomic E-state index is 4.86. The van der Waals surface area contributed by atoms with E-state index in [1.54, 1.807) is 0 Å². The van der Waals surface area contributed by atoms with Crippen molar-refractivity contribution in [2.75, 3.05) is 13.2 Å². The first-order valence-electron chi connectivity index (χ1n) is 3.57. The van der Waals surface area contributed by atoms with Crippen molar-refractivity contribution in [1.29, 1.82) is 0 Å². The van der Waals surface area contributed by atoms with Crippen LogP contribution in [0.1, 0.15) is 6.42 Å². The summed E-state index contributed by atoms with van der Waals surface area (Å²) in [4.78, 5) is 9.70. The van der Waals surface area contributed by atoms with Crippen molar-refractivity contribution in [2.24, 2.45) is 5.92 Å². The molecule has 0 bridgehead atoms. The Morgan fingerprint density at radius 3 is 3.30 bits per heavy atom. The summed E-state index contributed by atoms with van der Waals surface area (Å²) in [7, 11) is 0. The van der Waals surface area contributed by atoms with Crippen LogP contribution in [0.5, 0.6) is 0 Å². The van der Waals surface area contributed by atoms with Gasteiger partial charge in [0, 0.05) is 5.92 Å². The molecule has 0 amide bonds. The Hall–Kier alpha value is -0.600. The summed E-state index contributed by atoms with van der Waals surface area (Å²) in [5.74, 6) is 0.582. The highest BCUT2D eigenvalue weighted by Gasteiger charge is 2.20. The van der Waals surface area contributed by atoms with Crippen LogP contribution in [0.15, 0.2) is 23.8 Å². The predicted molar refractivity (Wildman–Crippen MR) is 37.2 cm³/mol. The van der Waals surface area contributed by atoms with Gasteiger partial charge in [0.2, 0.25) is 0 Å². The monoisotopic (exact) mass is 138 g/mol. The highest BCUT2D eigenvalue weighted by atomic mass is 17.2. The van der Waals surface area contributed by atoms with Gasteiger partial charge in [-0.3, -0.25) is 0 Å². The van der Waals surface area contributed by atoms with E-state index in [1.807, 2.05) is 0 Å². The van der Waals surface area contributed by atoms with Crippen LogP contribution in [0.4, 0.5) is 0 Å². The molecule has 0 N–H and O–H groups in total. The van der Waals surface area contributed by atoms with Crippen molar-refractivity contribution in [2.45, 2.75) is 6.42 Å². The van der Waals surface area contributed by atoms with Crippen molar-refractivity contribution in [3.8, 4) is 0 Å². The standard InChI is InChI=1S/C8H10O2/c1-2-4-8-6-10-9-5-7(8)3-1/h1-3,8H,4-6H2. The fourth-order valence-corrected chi connectivity index (χ4v) is 1.30. The molecular weight excluding hydrogens is 128 g/mol. The number of hydrogen-bond donors (Lipinski definition) is 0. The lowest BCUT2D eigenvalue weighted by Gasteiger charge is -2.24. The average molecular weight is 138 g/mol. The van der Waals surface area contributed by atoms with Crippen LogP contribution in [0, 0.1) is 5.92 Å². The summed E-state index contributed by atoms with van der Waals surface area (Å²) < 4.78 is 0. The van der Waals surface area contributed by atoms with Gasteiger partial charge in [-0.05, 0) is 12.0 Å². The molecule has 10 heavy (non-hydrogen) atoms. The smallest absolute Gasteiger partial charge is 0.104 e. The number of rotatable bonds is 0. The third kappa shape index (κ3) is 1.00. The summed E-state index contributed by atoms with van der Waals surface area (Å²) in [5.41, 5.74) is 1.37. The summed E-state index contributed by atoms with van der Waals surface area (Å²) >= 11 is 0. The van der Waals surface area contributed by atoms with E-state index in [-0.39, 0.29) is 0 Å². The SMILES string of the molecule is C1=CCC2COOCC2=C1. The van der Waals surface area contributed by atoms with Gasteiger partial charge in [-0.2, -0.15) is 0 Å². The van der Waals surface area contributed by atoms with Crippen LogP contribution in [0.2, 0.25) is 0 Å². The third-order valence-corrected chi connectivity index (χ3v) is 1.97. The lowest BCUT2D eigenvalue weighted by molar-refractivity contribution is -0.309. The maximum Gasteiger partial charge on any atom is 0.104 e. The second-order valence-electron chi connectivity index (χ2n) is 2.65. The van der Waals surface area contributed by atoms with Crippen LogP contribution >= 0.6 is 0 Å². The highest BCUT2D eigenvalue weighted by molar-refractivity contribution is 5.21. The minimum absolute atomic E-state index is 0.582. The molecule has 0 aromatic rings. The van der Waals surface area contributed by atoms with Gasteiger partial charge in [-0.25, -0.2) is 9.78 Å². The Morgan fingerprint density at radius 2 is 2.40 bits per heavy atom. The molecule has 0 aromatic heterocycles. The van der Waals surface area contributed by atoms with Gasteiger partial charge >= 0.3 is 0 Å². The van der Waals surface area contributed by atoms with Gasteiger partial charge in [0.1, 0.15) is 6.61 Å². The quantitative estimate of drug-likeness (QED) is 0.472. The molecule has 2 aliphatic rings. The van der Waals surface area contributed by atoms with E-state index < -0.39 is 0 Å². The first-order valence-corrected chi connectivity index (χ1v) is 3.57. The Bertz CT molecular complexity index is 182. The van der Waals surface area contributed by atoms with Crippen molar-refractivity contribution in [3.05, 3.63) is 23.8 Å². The fraction of sp³-hybridized carbons (Fsp3) is 0.500. The van der Waals surface area contributed by atoms with Gasteiger partial charge < -0.3 is 0 Å². The predicted octanol–water partition coefficient (Wildman–Crippen LogP) is 1.45. The van der Waals surface area contributed by atoms with Gasteiger partial charge in [0.15, 0.2) is 0 Å². The molecule has 1 saturated heterocycles. The minimum atomic E-state index is 0.582. The fourth-order valence-electron chi connectivity index (χ4n) is 1.30. The molecule has 0 radical (unpaired) electrons. The van der Waals surface area contributed by atoms with Crippen LogP contribution in [0.3, 0.4) is 0 Å². The Balaban J connectivity index is 2.14. The lowest BCUT2D eigenvalue weighted by Crippen LogP contribution is -2.22. The molecule has 54 valence electrons. The van der Waals surface area contributed by atoms with E-state index in [2.05, 4.69) is 18.2 Å². The molecule has 2 nitrogen and oxygen atoms in total. The van der Waals surface area contributed by atoms with E-state index in [1.165, 1.54) is 5.57 Å². The number of hydrogen-bond acceptors (Lipinski definition) is 2. The van der Waals surface area contributed by atoms with Crippen molar-refractivity contribution < 1.29 is 9.78 Å². The van der Waals surface area contributed by atoms with E-state index in [0.717, 1.165) is 13.0 Å². The van der Waals surface area contributed by atoms with Gasteiger partial charge in [0.25, 0.3) is 0 Å². The zero-order valence-electron chi connectivity index (χ0n) is 5.75. The van der Waals surface area contributed by atoms with Crippen LogP contribution < -0.4 is 0 Å². The van der Waals surface area contributed by atoms with Gasteiger partial charge in [-0.15, -0.1) is 0 Å². The molecule has 1 atom stereocenters. The third-order valence-electron chi connectivity index (χ3n) is 1.97. The molecule has 0 spiro atoms. The highest BCUT2D eigenvalue weighted by Crippen LogP contribution is 2.24. The van der Waals surface area contributed by atoms with Crippen LogP contribution in [0.25, 0.3) is 0 Å². The summed E-state index contributed by atoms with van der Waals surface area (Å²) in [6, 6.07) is 0. The molecule has 2 rings (SSSR count). The van der Waals surface area contributed by atoms with Crippen molar-refractivity contribution >= 4 is 0 Å². The van der Waals surface area contributed by atoms with Gasteiger partial charge in [0.05, 0.1) is 6.61 Å². The van der Waals surface area contributed by atoms with E-state index >= 15 is 0 Å². The second-order valence-corrected chi connectivity index (χ2v) is 2.65. The maximum absolute atomic E-state index is 4.86. The molecule has 1 unspecified atom stereocenters. The number of allylic oxidation sites excluding steroid dienone is 3.